The molecule has 1 aromatic rings. The zero-order valence-corrected chi connectivity index (χ0v) is 9.44. The number of halogens is 1. The molecule has 0 radical (unpaired) electrons. The third kappa shape index (κ3) is 2.68. The van der Waals surface area contributed by atoms with Crippen LogP contribution in [0.5, 0.6) is 0 Å². The first-order chi connectivity index (χ1) is 7.65. The lowest BCUT2D eigenvalue weighted by atomic mass is 10.1. The van der Waals surface area contributed by atoms with E-state index in [4.69, 9.17) is 16.7 Å². The lowest BCUT2D eigenvalue weighted by Crippen LogP contribution is -2.33. The van der Waals surface area contributed by atoms with Crippen LogP contribution < -0.4 is 0 Å². The van der Waals surface area contributed by atoms with Crippen molar-refractivity contribution in [2.45, 2.75) is 19.4 Å². The molecule has 0 unspecified atom stereocenters. The van der Waals surface area contributed by atoms with Crippen LogP contribution in [0.2, 0.25) is 5.28 Å². The van der Waals surface area contributed by atoms with Gasteiger partial charge in [0.1, 0.15) is 0 Å². The number of fused-ring (bicyclic) bond motifs is 1. The Labute approximate surface area is 98.1 Å². The topological polar surface area (TPSA) is 66.3 Å². The molecule has 16 heavy (non-hydrogen) atoms. The van der Waals surface area contributed by atoms with Gasteiger partial charge in [0.2, 0.25) is 5.28 Å². The summed E-state index contributed by atoms with van der Waals surface area (Å²) in [6, 6.07) is 0. The summed E-state index contributed by atoms with van der Waals surface area (Å²) < 4.78 is 0. The van der Waals surface area contributed by atoms with Gasteiger partial charge in [-0.05, 0) is 11.6 Å². The van der Waals surface area contributed by atoms with Crippen molar-refractivity contribution in [1.82, 2.24) is 14.9 Å². The van der Waals surface area contributed by atoms with E-state index in [1.165, 1.54) is 0 Å². The quantitative estimate of drug-likeness (QED) is 0.799. The predicted molar refractivity (Wildman–Crippen MR) is 58.3 cm³/mol. The first-order valence-electron chi connectivity index (χ1n) is 5.09. The van der Waals surface area contributed by atoms with Gasteiger partial charge in [0.05, 0.1) is 12.1 Å². The summed E-state index contributed by atoms with van der Waals surface area (Å²) in [5, 5.41) is 8.88. The van der Waals surface area contributed by atoms with Gasteiger partial charge in [0.25, 0.3) is 0 Å². The largest absolute Gasteiger partial charge is 0.481 e. The number of hydrogen-bond donors (Lipinski definition) is 1. The van der Waals surface area contributed by atoms with Crippen molar-refractivity contribution in [3.63, 3.8) is 0 Å². The number of carboxylic acid groups (broad SMARTS) is 1. The number of aromatic nitrogens is 2. The van der Waals surface area contributed by atoms with E-state index in [0.29, 0.717) is 13.1 Å². The molecular weight excluding hydrogens is 230 g/mol. The molecule has 2 heterocycles. The van der Waals surface area contributed by atoms with Gasteiger partial charge in [-0.15, -0.1) is 0 Å². The fourth-order valence-electron chi connectivity index (χ4n) is 1.79. The van der Waals surface area contributed by atoms with Gasteiger partial charge in [0, 0.05) is 37.8 Å². The second-order valence-corrected chi connectivity index (χ2v) is 4.12. The van der Waals surface area contributed by atoms with Gasteiger partial charge < -0.3 is 5.11 Å². The Morgan fingerprint density at radius 2 is 2.44 bits per heavy atom. The van der Waals surface area contributed by atoms with Crippen LogP contribution in [0.25, 0.3) is 0 Å². The molecule has 86 valence electrons. The molecule has 1 aliphatic heterocycles. The Bertz CT molecular complexity index is 411. The summed E-state index contributed by atoms with van der Waals surface area (Å²) in [7, 11) is 0. The summed E-state index contributed by atoms with van der Waals surface area (Å²) in [6.45, 7) is 2.10. The highest BCUT2D eigenvalue weighted by Gasteiger charge is 2.18. The Balaban J connectivity index is 2.01. The molecule has 0 amide bonds. The van der Waals surface area contributed by atoms with E-state index in [9.17, 15) is 4.79 Å². The van der Waals surface area contributed by atoms with E-state index >= 15 is 0 Å². The average Bonchev–Trinajstić information content (AvgIpc) is 2.26. The molecule has 2 rings (SSSR count). The van der Waals surface area contributed by atoms with E-state index in [1.54, 1.807) is 6.20 Å². The summed E-state index contributed by atoms with van der Waals surface area (Å²) in [5.74, 6) is -0.766. The van der Waals surface area contributed by atoms with Crippen molar-refractivity contribution in [2.24, 2.45) is 0 Å². The SMILES string of the molecule is O=C(O)CCN1CCc2nc(Cl)ncc2C1. The fourth-order valence-corrected chi connectivity index (χ4v) is 1.95. The van der Waals surface area contributed by atoms with E-state index in [2.05, 4.69) is 14.9 Å². The monoisotopic (exact) mass is 241 g/mol. The maximum Gasteiger partial charge on any atom is 0.304 e. The molecule has 5 nitrogen and oxygen atoms in total. The standard InChI is InChI=1S/C10H12ClN3O2/c11-10-12-5-7-6-14(4-2-9(15)16)3-1-8(7)13-10/h5H,1-4,6H2,(H,15,16). The number of carboxylic acids is 1. The van der Waals surface area contributed by atoms with E-state index < -0.39 is 5.97 Å². The third-order valence-electron chi connectivity index (χ3n) is 2.63. The smallest absolute Gasteiger partial charge is 0.304 e. The van der Waals surface area contributed by atoms with Gasteiger partial charge in [-0.2, -0.15) is 0 Å². The van der Waals surface area contributed by atoms with Gasteiger partial charge in [-0.1, -0.05) is 0 Å². The molecule has 0 aliphatic carbocycles. The van der Waals surface area contributed by atoms with Crippen molar-refractivity contribution >= 4 is 17.6 Å². The van der Waals surface area contributed by atoms with Crippen LogP contribution in [-0.2, 0) is 17.8 Å². The Morgan fingerprint density at radius 1 is 1.62 bits per heavy atom. The molecular formula is C10H12ClN3O2. The number of nitrogens with zero attached hydrogens (tertiary/aromatic N) is 3. The van der Waals surface area contributed by atoms with Crippen LogP contribution in [0.3, 0.4) is 0 Å². The lowest BCUT2D eigenvalue weighted by molar-refractivity contribution is -0.137. The molecule has 0 fully saturated rings. The van der Waals surface area contributed by atoms with Crippen molar-refractivity contribution in [3.8, 4) is 0 Å². The average molecular weight is 242 g/mol. The first kappa shape index (κ1) is 11.3. The van der Waals surface area contributed by atoms with Crippen LogP contribution in [0.1, 0.15) is 17.7 Å². The van der Waals surface area contributed by atoms with Crippen molar-refractivity contribution in [2.75, 3.05) is 13.1 Å². The van der Waals surface area contributed by atoms with Gasteiger partial charge in [-0.25, -0.2) is 9.97 Å². The van der Waals surface area contributed by atoms with Crippen molar-refractivity contribution in [3.05, 3.63) is 22.7 Å². The highest BCUT2D eigenvalue weighted by atomic mass is 35.5. The van der Waals surface area contributed by atoms with Gasteiger partial charge in [-0.3, -0.25) is 9.69 Å². The van der Waals surface area contributed by atoms with E-state index in [0.717, 1.165) is 24.2 Å². The van der Waals surface area contributed by atoms with Crippen LogP contribution in [0, 0.1) is 0 Å². The molecule has 6 heteroatoms. The highest BCUT2D eigenvalue weighted by molar-refractivity contribution is 6.28. The van der Waals surface area contributed by atoms with E-state index in [-0.39, 0.29) is 11.7 Å². The second kappa shape index (κ2) is 4.76. The molecule has 0 atom stereocenters. The molecule has 1 aromatic heterocycles. The van der Waals surface area contributed by atoms with Gasteiger partial charge >= 0.3 is 5.97 Å². The molecule has 0 saturated heterocycles. The summed E-state index contributed by atoms with van der Waals surface area (Å²) >= 11 is 5.70. The normalized spacial score (nSPS) is 15.8. The second-order valence-electron chi connectivity index (χ2n) is 3.78. The number of hydrogen-bond acceptors (Lipinski definition) is 4. The maximum absolute atomic E-state index is 10.5. The Morgan fingerprint density at radius 3 is 3.19 bits per heavy atom. The Kier molecular flexibility index (Phi) is 3.36. The summed E-state index contributed by atoms with van der Waals surface area (Å²) in [4.78, 5) is 20.6. The highest BCUT2D eigenvalue weighted by Crippen LogP contribution is 2.17. The molecule has 0 bridgehead atoms. The minimum absolute atomic E-state index is 0.170. The Hall–Kier alpha value is -1.20. The van der Waals surface area contributed by atoms with Crippen LogP contribution in [0.15, 0.2) is 6.20 Å². The third-order valence-corrected chi connectivity index (χ3v) is 2.81. The molecule has 1 aliphatic rings. The van der Waals surface area contributed by atoms with E-state index in [1.807, 2.05) is 0 Å². The zero-order valence-electron chi connectivity index (χ0n) is 8.69. The fraction of sp³-hybridized carbons (Fsp3) is 0.500. The van der Waals surface area contributed by atoms with Crippen LogP contribution >= 0.6 is 11.6 Å². The molecule has 1 N–H and O–H groups in total. The van der Waals surface area contributed by atoms with Crippen LogP contribution in [-0.4, -0.2) is 39.0 Å². The molecule has 0 saturated carbocycles. The number of rotatable bonds is 3. The molecule has 0 aromatic carbocycles. The molecule has 0 spiro atoms. The number of carbonyl (C=O) groups is 1. The van der Waals surface area contributed by atoms with Crippen LogP contribution in [0.4, 0.5) is 0 Å². The summed E-state index contributed by atoms with van der Waals surface area (Å²) in [6.07, 6.45) is 2.69. The lowest BCUT2D eigenvalue weighted by Gasteiger charge is -2.27. The van der Waals surface area contributed by atoms with Gasteiger partial charge in [0.15, 0.2) is 0 Å². The first-order valence-corrected chi connectivity index (χ1v) is 5.47. The zero-order chi connectivity index (χ0) is 11.5. The number of aliphatic carboxylic acids is 1. The van der Waals surface area contributed by atoms with Crippen molar-refractivity contribution in [1.29, 1.82) is 0 Å². The predicted octanol–water partition coefficient (Wildman–Crippen LogP) is 0.963. The van der Waals surface area contributed by atoms with Crippen molar-refractivity contribution < 1.29 is 9.90 Å². The summed E-state index contributed by atoms with van der Waals surface area (Å²) in [5.41, 5.74) is 2.02. The minimum Gasteiger partial charge on any atom is -0.481 e. The maximum atomic E-state index is 10.5. The minimum atomic E-state index is -0.766.